The number of hydrogen-bond donors (Lipinski definition) is 2. The number of rotatable bonds is 7. The summed E-state index contributed by atoms with van der Waals surface area (Å²) in [6.07, 6.45) is 1.69. The molecule has 1 amide bonds. The molecule has 0 bridgehead atoms. The molecular weight excluding hydrogens is 297 g/mol. The zero-order valence-corrected chi connectivity index (χ0v) is 13.6. The topological polar surface area (TPSA) is 67.6 Å². The lowest BCUT2D eigenvalue weighted by Crippen LogP contribution is -2.48. The molecule has 6 heteroatoms. The van der Waals surface area contributed by atoms with Crippen molar-refractivity contribution in [1.29, 1.82) is 0 Å². The largest absolute Gasteiger partial charge is 0.381 e. The quantitative estimate of drug-likeness (QED) is 0.789. The van der Waals surface area contributed by atoms with Crippen LogP contribution in [0.15, 0.2) is 24.3 Å². The molecule has 1 fully saturated rings. The molecule has 1 aliphatic heterocycles. The molecule has 5 nitrogen and oxygen atoms in total. The van der Waals surface area contributed by atoms with Crippen molar-refractivity contribution in [2.24, 2.45) is 11.7 Å². The first kappa shape index (κ1) is 17.8. The summed E-state index contributed by atoms with van der Waals surface area (Å²) in [4.78, 5) is 14.2. The third-order valence-corrected chi connectivity index (χ3v) is 4.24. The number of hydrogen-bond acceptors (Lipinski definition) is 4. The fourth-order valence-corrected chi connectivity index (χ4v) is 2.76. The molecule has 1 saturated heterocycles. The van der Waals surface area contributed by atoms with Crippen LogP contribution in [0.1, 0.15) is 18.4 Å². The van der Waals surface area contributed by atoms with Crippen LogP contribution < -0.4 is 11.1 Å². The monoisotopic (exact) mass is 323 g/mol. The number of nitrogens with one attached hydrogen (secondary N) is 1. The van der Waals surface area contributed by atoms with Crippen LogP contribution in [0.25, 0.3) is 0 Å². The smallest absolute Gasteiger partial charge is 0.237 e. The summed E-state index contributed by atoms with van der Waals surface area (Å²) in [5.41, 5.74) is 7.07. The lowest BCUT2D eigenvalue weighted by molar-refractivity contribution is -0.124. The van der Waals surface area contributed by atoms with Gasteiger partial charge in [-0.05, 0) is 43.5 Å². The highest BCUT2D eigenvalue weighted by atomic mass is 19.1. The predicted molar refractivity (Wildman–Crippen MR) is 87.3 cm³/mol. The average molecular weight is 323 g/mol. The molecule has 2 rings (SSSR count). The second kappa shape index (κ2) is 8.96. The molecule has 0 aromatic heterocycles. The fourth-order valence-electron chi connectivity index (χ4n) is 2.76. The molecule has 0 spiro atoms. The van der Waals surface area contributed by atoms with Crippen molar-refractivity contribution in [2.45, 2.75) is 25.4 Å². The van der Waals surface area contributed by atoms with Crippen LogP contribution in [0.3, 0.4) is 0 Å². The Balaban J connectivity index is 1.66. The van der Waals surface area contributed by atoms with Crippen molar-refractivity contribution < 1.29 is 13.9 Å². The average Bonchev–Trinajstić information content (AvgIpc) is 2.57. The van der Waals surface area contributed by atoms with E-state index in [0.717, 1.165) is 18.4 Å². The molecule has 1 aliphatic rings. The maximum atomic E-state index is 12.9. The van der Waals surface area contributed by atoms with Gasteiger partial charge in [-0.15, -0.1) is 0 Å². The molecule has 0 saturated carbocycles. The van der Waals surface area contributed by atoms with Crippen molar-refractivity contribution >= 4 is 5.91 Å². The van der Waals surface area contributed by atoms with E-state index in [-0.39, 0.29) is 17.6 Å². The first-order valence-electron chi connectivity index (χ1n) is 8.10. The Morgan fingerprint density at radius 1 is 1.39 bits per heavy atom. The van der Waals surface area contributed by atoms with E-state index in [0.29, 0.717) is 32.8 Å². The number of likely N-dealkylation sites (N-methyl/N-ethyl adjacent to an activating group) is 1. The van der Waals surface area contributed by atoms with Gasteiger partial charge in [-0.1, -0.05) is 12.1 Å². The minimum Gasteiger partial charge on any atom is -0.381 e. The van der Waals surface area contributed by atoms with Crippen molar-refractivity contribution in [3.05, 3.63) is 35.6 Å². The van der Waals surface area contributed by atoms with E-state index in [1.165, 1.54) is 12.1 Å². The van der Waals surface area contributed by atoms with Gasteiger partial charge in [0.05, 0.1) is 6.04 Å². The molecule has 1 heterocycles. The maximum absolute atomic E-state index is 12.9. The first-order chi connectivity index (χ1) is 11.1. The van der Waals surface area contributed by atoms with E-state index >= 15 is 0 Å². The SMILES string of the molecule is CN(CCNC(=O)C(N)C1CCOCC1)Cc1ccc(F)cc1. The molecular formula is C17H26FN3O2. The molecule has 1 aromatic carbocycles. The summed E-state index contributed by atoms with van der Waals surface area (Å²) in [6.45, 7) is 3.34. The number of halogens is 1. The number of nitrogens with zero attached hydrogens (tertiary/aromatic N) is 1. The van der Waals surface area contributed by atoms with Crippen LogP contribution in [0.5, 0.6) is 0 Å². The third-order valence-electron chi connectivity index (χ3n) is 4.24. The van der Waals surface area contributed by atoms with Crippen LogP contribution in [0.4, 0.5) is 4.39 Å². The Morgan fingerprint density at radius 3 is 2.70 bits per heavy atom. The van der Waals surface area contributed by atoms with Gasteiger partial charge in [-0.2, -0.15) is 0 Å². The minimum absolute atomic E-state index is 0.0907. The van der Waals surface area contributed by atoms with Gasteiger partial charge in [0, 0.05) is 32.8 Å². The molecule has 3 N–H and O–H groups in total. The van der Waals surface area contributed by atoms with Crippen LogP contribution in [0, 0.1) is 11.7 Å². The summed E-state index contributed by atoms with van der Waals surface area (Å²) < 4.78 is 18.2. The molecule has 0 radical (unpaired) electrons. The summed E-state index contributed by atoms with van der Waals surface area (Å²) >= 11 is 0. The second-order valence-electron chi connectivity index (χ2n) is 6.13. The summed E-state index contributed by atoms with van der Waals surface area (Å²) in [5.74, 6) is -0.112. The van der Waals surface area contributed by atoms with Gasteiger partial charge in [0.2, 0.25) is 5.91 Å². The summed E-state index contributed by atoms with van der Waals surface area (Å²) in [6, 6.07) is 5.99. The van der Waals surface area contributed by atoms with Crippen LogP contribution >= 0.6 is 0 Å². The highest BCUT2D eigenvalue weighted by molar-refractivity contribution is 5.81. The molecule has 1 aromatic rings. The number of carbonyl (C=O) groups is 1. The predicted octanol–water partition coefficient (Wildman–Crippen LogP) is 1.13. The number of benzene rings is 1. The minimum atomic E-state index is -0.457. The van der Waals surface area contributed by atoms with Gasteiger partial charge in [0.25, 0.3) is 0 Å². The van der Waals surface area contributed by atoms with Gasteiger partial charge in [0.1, 0.15) is 5.82 Å². The lowest BCUT2D eigenvalue weighted by atomic mass is 9.92. The van der Waals surface area contributed by atoms with Crippen molar-refractivity contribution in [1.82, 2.24) is 10.2 Å². The van der Waals surface area contributed by atoms with Crippen molar-refractivity contribution in [3.8, 4) is 0 Å². The fraction of sp³-hybridized carbons (Fsp3) is 0.588. The highest BCUT2D eigenvalue weighted by Gasteiger charge is 2.26. The Kier molecular flexibility index (Phi) is 6.95. The highest BCUT2D eigenvalue weighted by Crippen LogP contribution is 2.17. The van der Waals surface area contributed by atoms with Gasteiger partial charge < -0.3 is 20.7 Å². The second-order valence-corrected chi connectivity index (χ2v) is 6.13. The number of amides is 1. The molecule has 128 valence electrons. The Labute approximate surface area is 137 Å². The van der Waals surface area contributed by atoms with Gasteiger partial charge >= 0.3 is 0 Å². The van der Waals surface area contributed by atoms with Crippen LogP contribution in [0.2, 0.25) is 0 Å². The molecule has 1 atom stereocenters. The maximum Gasteiger partial charge on any atom is 0.237 e. The standard InChI is InChI=1S/C17H26FN3O2/c1-21(12-13-2-4-15(18)5-3-13)9-8-20-17(22)16(19)14-6-10-23-11-7-14/h2-5,14,16H,6-12,19H2,1H3,(H,20,22). The number of ether oxygens (including phenoxy) is 1. The van der Waals surface area contributed by atoms with E-state index in [1.807, 2.05) is 7.05 Å². The van der Waals surface area contributed by atoms with Crippen molar-refractivity contribution in [2.75, 3.05) is 33.4 Å². The number of nitrogens with two attached hydrogens (primary N) is 1. The molecule has 23 heavy (non-hydrogen) atoms. The molecule has 0 aliphatic carbocycles. The zero-order chi connectivity index (χ0) is 16.7. The van der Waals surface area contributed by atoms with E-state index in [9.17, 15) is 9.18 Å². The zero-order valence-electron chi connectivity index (χ0n) is 13.6. The third kappa shape index (κ3) is 5.89. The lowest BCUT2D eigenvalue weighted by Gasteiger charge is -2.27. The first-order valence-corrected chi connectivity index (χ1v) is 8.10. The van der Waals surface area contributed by atoms with Crippen LogP contribution in [-0.2, 0) is 16.1 Å². The Hall–Kier alpha value is -1.50. The Morgan fingerprint density at radius 2 is 2.04 bits per heavy atom. The van der Waals surface area contributed by atoms with Crippen LogP contribution in [-0.4, -0.2) is 50.2 Å². The molecule has 1 unspecified atom stereocenters. The Bertz CT molecular complexity index is 489. The summed E-state index contributed by atoms with van der Waals surface area (Å²) in [7, 11) is 1.97. The normalized spacial score (nSPS) is 17.2. The van der Waals surface area contributed by atoms with E-state index in [2.05, 4.69) is 10.2 Å². The van der Waals surface area contributed by atoms with Gasteiger partial charge in [-0.3, -0.25) is 4.79 Å². The van der Waals surface area contributed by atoms with Gasteiger partial charge in [-0.25, -0.2) is 4.39 Å². The van der Waals surface area contributed by atoms with E-state index < -0.39 is 6.04 Å². The number of carbonyl (C=O) groups excluding carboxylic acids is 1. The van der Waals surface area contributed by atoms with E-state index in [4.69, 9.17) is 10.5 Å². The van der Waals surface area contributed by atoms with E-state index in [1.54, 1.807) is 12.1 Å². The van der Waals surface area contributed by atoms with Crippen molar-refractivity contribution in [3.63, 3.8) is 0 Å². The van der Waals surface area contributed by atoms with Gasteiger partial charge in [0.15, 0.2) is 0 Å². The summed E-state index contributed by atoms with van der Waals surface area (Å²) in [5, 5.41) is 2.90.